The molecule has 0 aromatic heterocycles. The Morgan fingerprint density at radius 3 is 2.28 bits per heavy atom. The van der Waals surface area contributed by atoms with Gasteiger partial charge in [0.15, 0.2) is 0 Å². The van der Waals surface area contributed by atoms with Gasteiger partial charge in [0, 0.05) is 37.3 Å². The minimum atomic E-state index is -3.54. The largest absolute Gasteiger partial charge is 0.351 e. The van der Waals surface area contributed by atoms with E-state index in [1.807, 2.05) is 13.8 Å². The van der Waals surface area contributed by atoms with Crippen molar-refractivity contribution < 1.29 is 18.0 Å². The average Bonchev–Trinajstić information content (AvgIpc) is 3.04. The summed E-state index contributed by atoms with van der Waals surface area (Å²) in [6.07, 6.45) is 1.99. The first-order chi connectivity index (χ1) is 13.6. The Kier molecular flexibility index (Phi) is 7.45. The molecule has 2 rings (SSSR count). The summed E-state index contributed by atoms with van der Waals surface area (Å²) in [6, 6.07) is 6.31. The molecule has 0 spiro atoms. The fraction of sp³-hybridized carbons (Fsp3) is 0.619. The van der Waals surface area contributed by atoms with Gasteiger partial charge in [0.25, 0.3) is 0 Å². The number of hydrogen-bond acceptors (Lipinski definition) is 4. The Morgan fingerprint density at radius 2 is 1.76 bits per heavy atom. The molecule has 8 heteroatoms. The predicted molar refractivity (Wildman–Crippen MR) is 114 cm³/mol. The zero-order valence-electron chi connectivity index (χ0n) is 18.1. The monoisotopic (exact) mass is 423 g/mol. The summed E-state index contributed by atoms with van der Waals surface area (Å²) in [4.78, 5) is 26.9. The molecule has 2 amide bonds. The average molecular weight is 424 g/mol. The summed E-state index contributed by atoms with van der Waals surface area (Å²) < 4.78 is 26.6. The number of sulfonamides is 1. The molecular weight excluding hydrogens is 390 g/mol. The first-order valence-electron chi connectivity index (χ1n) is 10.3. The maximum atomic E-state index is 12.6. The molecule has 1 aromatic rings. The molecule has 1 N–H and O–H groups in total. The molecule has 1 unspecified atom stereocenters. The summed E-state index contributed by atoms with van der Waals surface area (Å²) >= 11 is 0. The van der Waals surface area contributed by atoms with Crippen molar-refractivity contribution in [3.05, 3.63) is 24.3 Å². The van der Waals surface area contributed by atoms with Gasteiger partial charge >= 0.3 is 0 Å². The third-order valence-corrected chi connectivity index (χ3v) is 7.39. The Morgan fingerprint density at radius 1 is 1.17 bits per heavy atom. The van der Waals surface area contributed by atoms with Crippen LogP contribution in [0.5, 0.6) is 0 Å². The molecule has 162 valence electrons. The van der Waals surface area contributed by atoms with Gasteiger partial charge in [-0.3, -0.25) is 9.59 Å². The quantitative estimate of drug-likeness (QED) is 0.662. The fourth-order valence-electron chi connectivity index (χ4n) is 3.77. The second kappa shape index (κ2) is 9.26. The Labute approximate surface area is 174 Å². The van der Waals surface area contributed by atoms with E-state index in [-0.39, 0.29) is 28.7 Å². The van der Waals surface area contributed by atoms with Crippen LogP contribution in [0.25, 0.3) is 0 Å². The molecule has 1 aromatic carbocycles. The second-order valence-corrected chi connectivity index (χ2v) is 10.0. The van der Waals surface area contributed by atoms with Crippen molar-refractivity contribution in [1.29, 1.82) is 0 Å². The van der Waals surface area contributed by atoms with E-state index in [1.165, 1.54) is 16.4 Å². The topological polar surface area (TPSA) is 86.8 Å². The maximum absolute atomic E-state index is 12.6. The van der Waals surface area contributed by atoms with Crippen molar-refractivity contribution in [2.45, 2.75) is 64.3 Å². The van der Waals surface area contributed by atoms with Crippen molar-refractivity contribution in [3.8, 4) is 0 Å². The first kappa shape index (κ1) is 23.3. The molecule has 0 radical (unpaired) electrons. The number of nitrogens with one attached hydrogen (secondary N) is 1. The molecule has 7 nitrogen and oxygen atoms in total. The van der Waals surface area contributed by atoms with Crippen LogP contribution in [0.1, 0.15) is 53.9 Å². The van der Waals surface area contributed by atoms with E-state index in [4.69, 9.17) is 0 Å². The number of rotatable bonds is 9. The van der Waals surface area contributed by atoms with Crippen molar-refractivity contribution in [1.82, 2.24) is 9.62 Å². The van der Waals surface area contributed by atoms with Crippen LogP contribution in [0.4, 0.5) is 5.69 Å². The van der Waals surface area contributed by atoms with Gasteiger partial charge in [0.2, 0.25) is 21.8 Å². The van der Waals surface area contributed by atoms with E-state index in [2.05, 4.69) is 12.2 Å². The second-order valence-electron chi connectivity index (χ2n) is 8.11. The third kappa shape index (κ3) is 5.36. The van der Waals surface area contributed by atoms with Crippen LogP contribution in [0.2, 0.25) is 0 Å². The molecule has 1 saturated heterocycles. The summed E-state index contributed by atoms with van der Waals surface area (Å²) in [5.41, 5.74) is 0.305. The zero-order chi connectivity index (χ0) is 21.8. The van der Waals surface area contributed by atoms with Crippen LogP contribution < -0.4 is 10.2 Å². The van der Waals surface area contributed by atoms with Gasteiger partial charge in [-0.25, -0.2) is 8.42 Å². The van der Waals surface area contributed by atoms with Crippen LogP contribution in [0.15, 0.2) is 29.2 Å². The SMILES string of the molecule is CCCC(C)(C)NC(=O)C1CC(=O)N(c2ccc(S(=O)(=O)N(CC)CC)cc2)C1. The molecule has 1 atom stereocenters. The lowest BCUT2D eigenvalue weighted by molar-refractivity contribution is -0.127. The normalized spacial score (nSPS) is 17.8. The highest BCUT2D eigenvalue weighted by Gasteiger charge is 2.37. The number of carbonyl (C=O) groups excluding carboxylic acids is 2. The molecule has 1 heterocycles. The van der Waals surface area contributed by atoms with Crippen LogP contribution in [0.3, 0.4) is 0 Å². The highest BCUT2D eigenvalue weighted by Crippen LogP contribution is 2.27. The fourth-order valence-corrected chi connectivity index (χ4v) is 5.22. The van der Waals surface area contributed by atoms with E-state index in [9.17, 15) is 18.0 Å². The van der Waals surface area contributed by atoms with Gasteiger partial charge in [-0.2, -0.15) is 4.31 Å². The summed E-state index contributed by atoms with van der Waals surface area (Å²) in [5.74, 6) is -0.643. The molecule has 1 aliphatic heterocycles. The van der Waals surface area contributed by atoms with Crippen molar-refractivity contribution in [2.24, 2.45) is 5.92 Å². The Balaban J connectivity index is 2.12. The van der Waals surface area contributed by atoms with Gasteiger partial charge in [0.1, 0.15) is 0 Å². The van der Waals surface area contributed by atoms with Crippen molar-refractivity contribution in [3.63, 3.8) is 0 Å². The van der Waals surface area contributed by atoms with Gasteiger partial charge < -0.3 is 10.2 Å². The summed E-state index contributed by atoms with van der Waals surface area (Å²) in [5, 5.41) is 3.04. The summed E-state index contributed by atoms with van der Waals surface area (Å²) in [7, 11) is -3.54. The van der Waals surface area contributed by atoms with Crippen LogP contribution in [-0.4, -0.2) is 49.7 Å². The zero-order valence-corrected chi connectivity index (χ0v) is 18.9. The number of nitrogens with zero attached hydrogens (tertiary/aromatic N) is 2. The van der Waals surface area contributed by atoms with Gasteiger partial charge in [-0.15, -0.1) is 0 Å². The smallest absolute Gasteiger partial charge is 0.243 e. The molecule has 1 aliphatic rings. The van der Waals surface area contributed by atoms with E-state index in [0.29, 0.717) is 25.3 Å². The maximum Gasteiger partial charge on any atom is 0.243 e. The molecule has 0 aliphatic carbocycles. The standard InChI is InChI=1S/C21H33N3O4S/c1-6-13-21(4,5)22-20(26)16-14-19(25)24(15-16)17-9-11-18(12-10-17)29(27,28)23(7-2)8-3/h9-12,16H,6-8,13-15H2,1-5H3,(H,22,26). The Hall–Kier alpha value is -1.93. The molecular formula is C21H33N3O4S. The minimum absolute atomic E-state index is 0.111. The highest BCUT2D eigenvalue weighted by molar-refractivity contribution is 7.89. The first-order valence-corrected chi connectivity index (χ1v) is 11.7. The number of benzene rings is 1. The number of amides is 2. The van der Waals surface area contributed by atoms with E-state index in [0.717, 1.165) is 12.8 Å². The van der Waals surface area contributed by atoms with Crippen LogP contribution >= 0.6 is 0 Å². The summed E-state index contributed by atoms with van der Waals surface area (Å²) in [6.45, 7) is 10.7. The number of hydrogen-bond donors (Lipinski definition) is 1. The number of carbonyl (C=O) groups is 2. The lowest BCUT2D eigenvalue weighted by Crippen LogP contribution is -2.46. The van der Waals surface area contributed by atoms with Crippen molar-refractivity contribution >= 4 is 27.5 Å². The lowest BCUT2D eigenvalue weighted by Gasteiger charge is -2.27. The van der Waals surface area contributed by atoms with Gasteiger partial charge in [0.05, 0.1) is 10.8 Å². The van der Waals surface area contributed by atoms with E-state index >= 15 is 0 Å². The minimum Gasteiger partial charge on any atom is -0.351 e. The lowest BCUT2D eigenvalue weighted by atomic mass is 9.97. The molecule has 0 saturated carbocycles. The van der Waals surface area contributed by atoms with Crippen LogP contribution in [0, 0.1) is 5.92 Å². The van der Waals surface area contributed by atoms with E-state index in [1.54, 1.807) is 30.9 Å². The Bertz CT molecular complexity index is 830. The molecule has 0 bridgehead atoms. The van der Waals surface area contributed by atoms with E-state index < -0.39 is 15.9 Å². The molecule has 29 heavy (non-hydrogen) atoms. The van der Waals surface area contributed by atoms with Gasteiger partial charge in [-0.05, 0) is 44.5 Å². The van der Waals surface area contributed by atoms with Crippen LogP contribution in [-0.2, 0) is 19.6 Å². The highest BCUT2D eigenvalue weighted by atomic mass is 32.2. The van der Waals surface area contributed by atoms with Crippen molar-refractivity contribution in [2.75, 3.05) is 24.5 Å². The molecule has 1 fully saturated rings. The number of anilines is 1. The predicted octanol–water partition coefficient (Wildman–Crippen LogP) is 2.76. The van der Waals surface area contributed by atoms with Gasteiger partial charge in [-0.1, -0.05) is 27.2 Å². The third-order valence-electron chi connectivity index (χ3n) is 5.32.